The molecule has 0 aromatic carbocycles. The summed E-state index contributed by atoms with van der Waals surface area (Å²) in [6, 6.07) is 3.47. The van der Waals surface area contributed by atoms with Gasteiger partial charge in [-0.2, -0.15) is 0 Å². The van der Waals surface area contributed by atoms with Gasteiger partial charge in [-0.25, -0.2) is 0 Å². The van der Waals surface area contributed by atoms with Crippen LogP contribution in [0.25, 0.3) is 0 Å². The molecule has 0 fully saturated rings. The number of hydrogen-bond acceptors (Lipinski definition) is 3. The molecule has 0 spiro atoms. The first-order valence-electron chi connectivity index (χ1n) is 3.66. The lowest BCUT2D eigenvalue weighted by atomic mass is 10.3. The zero-order valence-electron chi connectivity index (χ0n) is 6.86. The van der Waals surface area contributed by atoms with E-state index in [4.69, 9.17) is 5.73 Å². The van der Waals surface area contributed by atoms with Crippen LogP contribution in [0.1, 0.15) is 5.56 Å². The number of primary amides is 1. The van der Waals surface area contributed by atoms with E-state index in [-0.39, 0.29) is 6.54 Å². The highest BCUT2D eigenvalue weighted by Gasteiger charge is 2.06. The Kier molecular flexibility index (Phi) is 2.97. The Morgan fingerprint density at radius 1 is 1.38 bits per heavy atom. The van der Waals surface area contributed by atoms with Crippen molar-refractivity contribution in [2.45, 2.75) is 6.54 Å². The Morgan fingerprint density at radius 2 is 2.00 bits per heavy atom. The minimum Gasteiger partial charge on any atom is -0.361 e. The third-order valence-corrected chi connectivity index (χ3v) is 1.43. The van der Waals surface area contributed by atoms with Gasteiger partial charge in [0.25, 0.3) is 0 Å². The number of amides is 2. The number of aromatic nitrogens is 1. The van der Waals surface area contributed by atoms with E-state index in [9.17, 15) is 9.59 Å². The van der Waals surface area contributed by atoms with Gasteiger partial charge in [0.1, 0.15) is 0 Å². The van der Waals surface area contributed by atoms with E-state index in [0.717, 1.165) is 5.56 Å². The molecule has 5 nitrogen and oxygen atoms in total. The number of nitrogens with zero attached hydrogens (tertiary/aromatic N) is 1. The smallest absolute Gasteiger partial charge is 0.309 e. The molecule has 5 heteroatoms. The summed E-state index contributed by atoms with van der Waals surface area (Å²) in [4.78, 5) is 24.8. The van der Waals surface area contributed by atoms with Crippen LogP contribution in [0.2, 0.25) is 0 Å². The van der Waals surface area contributed by atoms with Crippen molar-refractivity contribution in [1.29, 1.82) is 0 Å². The lowest BCUT2D eigenvalue weighted by Crippen LogP contribution is -2.35. The largest absolute Gasteiger partial charge is 0.361 e. The Labute approximate surface area is 75.0 Å². The van der Waals surface area contributed by atoms with E-state index in [0.29, 0.717) is 0 Å². The lowest BCUT2D eigenvalue weighted by Gasteiger charge is -2.01. The van der Waals surface area contributed by atoms with Gasteiger partial charge in [0.15, 0.2) is 0 Å². The van der Waals surface area contributed by atoms with Crippen molar-refractivity contribution in [2.24, 2.45) is 5.73 Å². The average molecular weight is 179 g/mol. The molecule has 68 valence electrons. The minimum atomic E-state index is -0.978. The number of nitrogens with two attached hydrogens (primary N) is 1. The summed E-state index contributed by atoms with van der Waals surface area (Å²) in [6.07, 6.45) is 3.21. The number of carbonyl (C=O) groups excluding carboxylic acids is 2. The van der Waals surface area contributed by atoms with Crippen LogP contribution in [0.3, 0.4) is 0 Å². The van der Waals surface area contributed by atoms with E-state index in [1.54, 1.807) is 24.5 Å². The van der Waals surface area contributed by atoms with Crippen LogP contribution < -0.4 is 11.1 Å². The number of nitrogens with one attached hydrogen (secondary N) is 1. The SMILES string of the molecule is NC(=O)C(=O)NCc1ccncc1. The summed E-state index contributed by atoms with van der Waals surface area (Å²) >= 11 is 0. The third kappa shape index (κ3) is 2.90. The Bertz CT molecular complexity index is 310. The molecular formula is C8H9N3O2. The van der Waals surface area contributed by atoms with E-state index in [2.05, 4.69) is 10.3 Å². The molecule has 0 saturated heterocycles. The third-order valence-electron chi connectivity index (χ3n) is 1.43. The van der Waals surface area contributed by atoms with Crippen LogP contribution >= 0.6 is 0 Å². The van der Waals surface area contributed by atoms with E-state index in [1.165, 1.54) is 0 Å². The summed E-state index contributed by atoms with van der Waals surface area (Å²) in [5.41, 5.74) is 5.60. The van der Waals surface area contributed by atoms with E-state index < -0.39 is 11.8 Å². The maximum Gasteiger partial charge on any atom is 0.309 e. The highest BCUT2D eigenvalue weighted by Crippen LogP contribution is 1.94. The predicted octanol–water partition coefficient (Wildman–Crippen LogP) is -0.817. The fourth-order valence-electron chi connectivity index (χ4n) is 0.770. The maximum atomic E-state index is 10.7. The molecule has 0 saturated carbocycles. The summed E-state index contributed by atoms with van der Waals surface area (Å²) < 4.78 is 0. The van der Waals surface area contributed by atoms with Crippen LogP contribution in [-0.2, 0) is 16.1 Å². The number of carbonyl (C=O) groups is 2. The highest BCUT2D eigenvalue weighted by atomic mass is 16.2. The fourth-order valence-corrected chi connectivity index (χ4v) is 0.770. The van der Waals surface area contributed by atoms with Crippen molar-refractivity contribution in [3.8, 4) is 0 Å². The lowest BCUT2D eigenvalue weighted by molar-refractivity contribution is -0.137. The molecule has 0 atom stereocenters. The Hall–Kier alpha value is -1.91. The molecule has 0 unspecified atom stereocenters. The maximum absolute atomic E-state index is 10.7. The van der Waals surface area contributed by atoms with Crippen molar-refractivity contribution in [3.63, 3.8) is 0 Å². The molecule has 0 bridgehead atoms. The van der Waals surface area contributed by atoms with E-state index >= 15 is 0 Å². The molecule has 3 N–H and O–H groups in total. The van der Waals surface area contributed by atoms with Gasteiger partial charge >= 0.3 is 11.8 Å². The normalized spacial score (nSPS) is 9.23. The second-order valence-corrected chi connectivity index (χ2v) is 2.40. The summed E-state index contributed by atoms with van der Waals surface area (Å²) in [6.45, 7) is 0.282. The first-order valence-corrected chi connectivity index (χ1v) is 3.66. The van der Waals surface area contributed by atoms with Crippen molar-refractivity contribution < 1.29 is 9.59 Å². The van der Waals surface area contributed by atoms with Crippen molar-refractivity contribution in [1.82, 2.24) is 10.3 Å². The van der Waals surface area contributed by atoms with E-state index in [1.807, 2.05) is 0 Å². The quantitative estimate of drug-likeness (QED) is 0.582. The zero-order chi connectivity index (χ0) is 9.68. The molecule has 1 aromatic rings. The first kappa shape index (κ1) is 9.18. The molecule has 0 aliphatic heterocycles. The number of pyridine rings is 1. The molecule has 1 rings (SSSR count). The molecule has 0 aliphatic carbocycles. The Balaban J connectivity index is 2.44. The Morgan fingerprint density at radius 3 is 2.54 bits per heavy atom. The van der Waals surface area contributed by atoms with Crippen molar-refractivity contribution >= 4 is 11.8 Å². The fraction of sp³-hybridized carbons (Fsp3) is 0.125. The number of rotatable bonds is 2. The second-order valence-electron chi connectivity index (χ2n) is 2.40. The van der Waals surface area contributed by atoms with Crippen LogP contribution in [0.15, 0.2) is 24.5 Å². The molecule has 1 heterocycles. The summed E-state index contributed by atoms with van der Waals surface area (Å²) in [7, 11) is 0. The molecule has 13 heavy (non-hydrogen) atoms. The molecular weight excluding hydrogens is 170 g/mol. The van der Waals surface area contributed by atoms with Crippen LogP contribution in [0, 0.1) is 0 Å². The minimum absolute atomic E-state index is 0.282. The molecule has 0 radical (unpaired) electrons. The summed E-state index contributed by atoms with van der Waals surface area (Å²) in [5, 5.41) is 2.36. The van der Waals surface area contributed by atoms with Crippen molar-refractivity contribution in [2.75, 3.05) is 0 Å². The van der Waals surface area contributed by atoms with Crippen LogP contribution in [0.4, 0.5) is 0 Å². The van der Waals surface area contributed by atoms with Gasteiger partial charge in [0.05, 0.1) is 0 Å². The first-order chi connectivity index (χ1) is 6.20. The monoisotopic (exact) mass is 179 g/mol. The van der Waals surface area contributed by atoms with Gasteiger partial charge in [-0.1, -0.05) is 0 Å². The van der Waals surface area contributed by atoms with Gasteiger partial charge in [0, 0.05) is 18.9 Å². The summed E-state index contributed by atoms with van der Waals surface area (Å²) in [5.74, 6) is -1.76. The van der Waals surface area contributed by atoms with Crippen LogP contribution in [-0.4, -0.2) is 16.8 Å². The van der Waals surface area contributed by atoms with Gasteiger partial charge in [-0.05, 0) is 17.7 Å². The van der Waals surface area contributed by atoms with Gasteiger partial charge in [0.2, 0.25) is 0 Å². The topological polar surface area (TPSA) is 85.1 Å². The van der Waals surface area contributed by atoms with Gasteiger partial charge in [-0.3, -0.25) is 14.6 Å². The van der Waals surface area contributed by atoms with Gasteiger partial charge < -0.3 is 11.1 Å². The standard InChI is InChI=1S/C8H9N3O2/c9-7(12)8(13)11-5-6-1-3-10-4-2-6/h1-4H,5H2,(H2,9,12)(H,11,13). The highest BCUT2D eigenvalue weighted by molar-refractivity contribution is 6.34. The van der Waals surface area contributed by atoms with Gasteiger partial charge in [-0.15, -0.1) is 0 Å². The predicted molar refractivity (Wildman–Crippen MR) is 45.3 cm³/mol. The molecule has 2 amide bonds. The van der Waals surface area contributed by atoms with Crippen molar-refractivity contribution in [3.05, 3.63) is 30.1 Å². The number of hydrogen-bond donors (Lipinski definition) is 2. The average Bonchev–Trinajstić information content (AvgIpc) is 2.15. The molecule has 1 aromatic heterocycles. The van der Waals surface area contributed by atoms with Crippen LogP contribution in [0.5, 0.6) is 0 Å². The second kappa shape index (κ2) is 4.20. The molecule has 0 aliphatic rings. The zero-order valence-corrected chi connectivity index (χ0v) is 6.86.